The Kier molecular flexibility index (Phi) is 7.68. The van der Waals surface area contributed by atoms with Gasteiger partial charge in [0.25, 0.3) is 11.8 Å². The Bertz CT molecular complexity index is 744. The monoisotopic (exact) mass is 354 g/mol. The van der Waals surface area contributed by atoms with Crippen molar-refractivity contribution >= 4 is 17.5 Å². The molecule has 0 aromatic heterocycles. The second kappa shape index (κ2) is 10.2. The van der Waals surface area contributed by atoms with Gasteiger partial charge in [-0.05, 0) is 43.2 Å². The Hall–Kier alpha value is -2.82. The summed E-state index contributed by atoms with van der Waals surface area (Å²) in [5.74, 6) is 0.195. The maximum Gasteiger partial charge on any atom is 0.255 e. The molecule has 0 saturated carbocycles. The van der Waals surface area contributed by atoms with Gasteiger partial charge in [0.15, 0.2) is 0 Å². The Labute approximate surface area is 154 Å². The van der Waals surface area contributed by atoms with E-state index in [0.29, 0.717) is 35.7 Å². The molecule has 5 heteroatoms. The lowest BCUT2D eigenvalue weighted by atomic mass is 10.1. The third kappa shape index (κ3) is 5.62. The van der Waals surface area contributed by atoms with Crippen molar-refractivity contribution in [3.8, 4) is 5.75 Å². The van der Waals surface area contributed by atoms with Crippen molar-refractivity contribution < 1.29 is 14.3 Å². The predicted molar refractivity (Wildman–Crippen MR) is 104 cm³/mol. The third-order valence-corrected chi connectivity index (χ3v) is 3.80. The zero-order valence-electron chi connectivity index (χ0n) is 15.4. The first-order valence-corrected chi connectivity index (χ1v) is 9.07. The van der Waals surface area contributed by atoms with Crippen LogP contribution < -0.4 is 15.4 Å². The molecule has 0 radical (unpaired) electrons. The van der Waals surface area contributed by atoms with Crippen LogP contribution in [0.2, 0.25) is 0 Å². The molecule has 2 N–H and O–H groups in total. The molecule has 0 aliphatic heterocycles. The number of unbranched alkanes of at least 4 members (excludes halogenated alkanes) is 1. The average molecular weight is 354 g/mol. The molecule has 5 nitrogen and oxygen atoms in total. The Morgan fingerprint density at radius 3 is 2.54 bits per heavy atom. The summed E-state index contributed by atoms with van der Waals surface area (Å²) in [6, 6.07) is 14.0. The van der Waals surface area contributed by atoms with Gasteiger partial charge in [0.1, 0.15) is 5.75 Å². The van der Waals surface area contributed by atoms with Crippen molar-refractivity contribution in [2.75, 3.05) is 18.5 Å². The second-order valence-corrected chi connectivity index (χ2v) is 5.99. The van der Waals surface area contributed by atoms with Gasteiger partial charge in [0.05, 0.1) is 17.9 Å². The van der Waals surface area contributed by atoms with Gasteiger partial charge < -0.3 is 15.4 Å². The van der Waals surface area contributed by atoms with Crippen LogP contribution in [0.15, 0.2) is 48.5 Å². The van der Waals surface area contributed by atoms with E-state index in [0.717, 1.165) is 19.3 Å². The van der Waals surface area contributed by atoms with Gasteiger partial charge in [0, 0.05) is 12.1 Å². The van der Waals surface area contributed by atoms with Gasteiger partial charge in [-0.2, -0.15) is 0 Å². The standard InChI is InChI=1S/C21H26N2O3/c1-3-5-13-22-21(25)18-11-6-7-12-19(18)23-20(24)16-9-8-10-17(15-16)26-14-4-2/h6-12,15H,3-5,13-14H2,1-2H3,(H,22,25)(H,23,24). The maximum absolute atomic E-state index is 12.6. The topological polar surface area (TPSA) is 67.4 Å². The van der Waals surface area contributed by atoms with Gasteiger partial charge >= 0.3 is 0 Å². The predicted octanol–water partition coefficient (Wildman–Crippen LogP) is 4.26. The SMILES string of the molecule is CCCCNC(=O)c1ccccc1NC(=O)c1cccc(OCCC)c1. The molecule has 2 aromatic rings. The van der Waals surface area contributed by atoms with Crippen LogP contribution in [-0.2, 0) is 0 Å². The summed E-state index contributed by atoms with van der Waals surface area (Å²) in [5.41, 5.74) is 1.43. The van der Waals surface area contributed by atoms with E-state index in [1.54, 1.807) is 42.5 Å². The van der Waals surface area contributed by atoms with Gasteiger partial charge in [-0.3, -0.25) is 9.59 Å². The van der Waals surface area contributed by atoms with Crippen molar-refractivity contribution in [3.63, 3.8) is 0 Å². The summed E-state index contributed by atoms with van der Waals surface area (Å²) in [7, 11) is 0. The van der Waals surface area contributed by atoms with Crippen LogP contribution in [0.5, 0.6) is 5.75 Å². The molecule has 0 bridgehead atoms. The largest absolute Gasteiger partial charge is 0.494 e. The molecule has 0 fully saturated rings. The van der Waals surface area contributed by atoms with Crippen LogP contribution in [0.1, 0.15) is 53.8 Å². The molecule has 0 aliphatic rings. The fraction of sp³-hybridized carbons (Fsp3) is 0.333. The maximum atomic E-state index is 12.6. The summed E-state index contributed by atoms with van der Waals surface area (Å²) >= 11 is 0. The van der Waals surface area contributed by atoms with E-state index in [-0.39, 0.29) is 11.8 Å². The molecule has 26 heavy (non-hydrogen) atoms. The molecule has 2 amide bonds. The van der Waals surface area contributed by atoms with Gasteiger partial charge in [0.2, 0.25) is 0 Å². The number of ether oxygens (including phenoxy) is 1. The number of nitrogens with one attached hydrogen (secondary N) is 2. The summed E-state index contributed by atoms with van der Waals surface area (Å²) in [6.45, 7) is 5.32. The number of rotatable bonds is 9. The molecule has 0 spiro atoms. The minimum Gasteiger partial charge on any atom is -0.494 e. The molecule has 2 rings (SSSR count). The first-order valence-electron chi connectivity index (χ1n) is 9.07. The summed E-state index contributed by atoms with van der Waals surface area (Å²) in [5, 5.41) is 5.70. The average Bonchev–Trinajstić information content (AvgIpc) is 2.67. The van der Waals surface area contributed by atoms with Crippen LogP contribution in [-0.4, -0.2) is 25.0 Å². The highest BCUT2D eigenvalue weighted by Crippen LogP contribution is 2.18. The molecule has 0 saturated heterocycles. The first-order chi connectivity index (χ1) is 12.7. The van der Waals surface area contributed by atoms with Crippen LogP contribution in [0, 0.1) is 0 Å². The molecule has 0 heterocycles. The third-order valence-electron chi connectivity index (χ3n) is 3.80. The first kappa shape index (κ1) is 19.5. The lowest BCUT2D eigenvalue weighted by molar-refractivity contribution is 0.0954. The van der Waals surface area contributed by atoms with E-state index in [1.807, 2.05) is 13.0 Å². The zero-order chi connectivity index (χ0) is 18.8. The minimum absolute atomic E-state index is 0.186. The number of carbonyl (C=O) groups excluding carboxylic acids is 2. The number of hydrogen-bond acceptors (Lipinski definition) is 3. The molecular weight excluding hydrogens is 328 g/mol. The molecule has 0 unspecified atom stereocenters. The Morgan fingerprint density at radius 2 is 1.77 bits per heavy atom. The number of hydrogen-bond donors (Lipinski definition) is 2. The van der Waals surface area contributed by atoms with E-state index >= 15 is 0 Å². The van der Waals surface area contributed by atoms with E-state index in [9.17, 15) is 9.59 Å². The van der Waals surface area contributed by atoms with Gasteiger partial charge in [-0.1, -0.05) is 38.5 Å². The van der Waals surface area contributed by atoms with Crippen molar-refractivity contribution in [1.82, 2.24) is 5.32 Å². The molecule has 0 aliphatic carbocycles. The number of carbonyl (C=O) groups is 2. The quantitative estimate of drug-likeness (QED) is 0.661. The fourth-order valence-electron chi connectivity index (χ4n) is 2.41. The van der Waals surface area contributed by atoms with Crippen molar-refractivity contribution in [2.24, 2.45) is 0 Å². The van der Waals surface area contributed by atoms with E-state index in [1.165, 1.54) is 0 Å². The minimum atomic E-state index is -0.277. The Morgan fingerprint density at radius 1 is 0.962 bits per heavy atom. The molecular formula is C21H26N2O3. The lowest BCUT2D eigenvalue weighted by Gasteiger charge is -2.12. The summed E-state index contributed by atoms with van der Waals surface area (Å²) in [4.78, 5) is 24.9. The van der Waals surface area contributed by atoms with Gasteiger partial charge in [-0.25, -0.2) is 0 Å². The van der Waals surface area contributed by atoms with E-state index in [2.05, 4.69) is 17.6 Å². The van der Waals surface area contributed by atoms with Crippen LogP contribution >= 0.6 is 0 Å². The van der Waals surface area contributed by atoms with E-state index < -0.39 is 0 Å². The van der Waals surface area contributed by atoms with Crippen LogP contribution in [0.25, 0.3) is 0 Å². The number of amides is 2. The summed E-state index contributed by atoms with van der Waals surface area (Å²) < 4.78 is 5.57. The zero-order valence-corrected chi connectivity index (χ0v) is 15.4. The second-order valence-electron chi connectivity index (χ2n) is 5.99. The normalized spacial score (nSPS) is 10.2. The van der Waals surface area contributed by atoms with Crippen LogP contribution in [0.3, 0.4) is 0 Å². The van der Waals surface area contributed by atoms with Crippen LogP contribution in [0.4, 0.5) is 5.69 Å². The molecule has 0 atom stereocenters. The van der Waals surface area contributed by atoms with Crippen molar-refractivity contribution in [3.05, 3.63) is 59.7 Å². The fourth-order valence-corrected chi connectivity index (χ4v) is 2.41. The molecule has 2 aromatic carbocycles. The molecule has 138 valence electrons. The van der Waals surface area contributed by atoms with Gasteiger partial charge in [-0.15, -0.1) is 0 Å². The smallest absolute Gasteiger partial charge is 0.255 e. The number of para-hydroxylation sites is 1. The van der Waals surface area contributed by atoms with Crippen molar-refractivity contribution in [2.45, 2.75) is 33.1 Å². The summed E-state index contributed by atoms with van der Waals surface area (Å²) in [6.07, 6.45) is 2.83. The van der Waals surface area contributed by atoms with E-state index in [4.69, 9.17) is 4.74 Å². The highest BCUT2D eigenvalue weighted by molar-refractivity contribution is 6.09. The van der Waals surface area contributed by atoms with Crippen molar-refractivity contribution in [1.29, 1.82) is 0 Å². The highest BCUT2D eigenvalue weighted by Gasteiger charge is 2.14. The number of benzene rings is 2. The highest BCUT2D eigenvalue weighted by atomic mass is 16.5. The lowest BCUT2D eigenvalue weighted by Crippen LogP contribution is -2.26. The Balaban J connectivity index is 2.10. The number of anilines is 1.